The number of rotatable bonds is 7. The van der Waals surface area contributed by atoms with Crippen LogP contribution in [-0.4, -0.2) is 34.9 Å². The Morgan fingerprint density at radius 2 is 1.83 bits per heavy atom. The molecule has 1 atom stereocenters. The maximum atomic E-state index is 12.5. The lowest BCUT2D eigenvalue weighted by atomic mass is 10.1. The molecule has 0 aliphatic rings. The summed E-state index contributed by atoms with van der Waals surface area (Å²) in [6.07, 6.45) is -0.894. The molecule has 1 N–H and O–H groups in total. The number of methoxy groups -OCH3 is 1. The van der Waals surface area contributed by atoms with Crippen molar-refractivity contribution in [2.45, 2.75) is 33.3 Å². The third-order valence-corrected chi connectivity index (χ3v) is 4.78. The lowest BCUT2D eigenvalue weighted by Gasteiger charge is -2.14. The Kier molecular flexibility index (Phi) is 6.51. The third-order valence-electron chi connectivity index (χ3n) is 4.78. The van der Waals surface area contributed by atoms with Crippen LogP contribution < -0.4 is 10.1 Å². The molecule has 3 rings (SSSR count). The summed E-state index contributed by atoms with van der Waals surface area (Å²) in [5.74, 6) is -0.272. The number of hydrogen-bond donors (Lipinski definition) is 1. The zero-order valence-electron chi connectivity index (χ0n) is 17.5. The molecule has 156 valence electrons. The van der Waals surface area contributed by atoms with E-state index in [1.807, 2.05) is 44.2 Å². The van der Waals surface area contributed by atoms with Gasteiger partial charge in [0.15, 0.2) is 6.10 Å². The minimum atomic E-state index is -0.937. The highest BCUT2D eigenvalue weighted by Gasteiger charge is 2.21. The van der Waals surface area contributed by atoms with Gasteiger partial charge in [0, 0.05) is 23.0 Å². The predicted molar refractivity (Wildman–Crippen MR) is 114 cm³/mol. The van der Waals surface area contributed by atoms with Crippen LogP contribution in [0.4, 0.5) is 5.69 Å². The monoisotopic (exact) mass is 407 g/mol. The summed E-state index contributed by atoms with van der Waals surface area (Å²) in [5, 5.41) is 7.26. The SMILES string of the molecule is COc1cccc(NC(=O)[C@H](C)OC(=O)Cc2c(C)nn(-c3ccccc3)c2C)c1. The highest BCUT2D eigenvalue weighted by molar-refractivity contribution is 5.95. The first-order valence-electron chi connectivity index (χ1n) is 9.64. The molecule has 0 spiro atoms. The predicted octanol–water partition coefficient (Wildman–Crippen LogP) is 3.61. The number of ether oxygens (including phenoxy) is 2. The van der Waals surface area contributed by atoms with Crippen LogP contribution in [-0.2, 0) is 20.7 Å². The summed E-state index contributed by atoms with van der Waals surface area (Å²) in [4.78, 5) is 24.8. The molecular weight excluding hydrogens is 382 g/mol. The van der Waals surface area contributed by atoms with E-state index < -0.39 is 18.0 Å². The van der Waals surface area contributed by atoms with E-state index in [1.165, 1.54) is 0 Å². The Balaban J connectivity index is 1.64. The molecule has 0 radical (unpaired) electrons. The average molecular weight is 407 g/mol. The summed E-state index contributed by atoms with van der Waals surface area (Å²) in [5.41, 5.74) is 3.90. The first-order chi connectivity index (χ1) is 14.4. The van der Waals surface area contributed by atoms with Crippen molar-refractivity contribution in [3.05, 3.63) is 71.5 Å². The second-order valence-corrected chi connectivity index (χ2v) is 6.93. The van der Waals surface area contributed by atoms with Gasteiger partial charge in [-0.1, -0.05) is 24.3 Å². The lowest BCUT2D eigenvalue weighted by molar-refractivity contribution is -0.152. The molecule has 3 aromatic rings. The summed E-state index contributed by atoms with van der Waals surface area (Å²) in [7, 11) is 1.55. The van der Waals surface area contributed by atoms with Crippen LogP contribution in [0.25, 0.3) is 5.69 Å². The fraction of sp³-hybridized carbons (Fsp3) is 0.261. The second-order valence-electron chi connectivity index (χ2n) is 6.93. The molecule has 2 aromatic carbocycles. The van der Waals surface area contributed by atoms with Gasteiger partial charge >= 0.3 is 5.97 Å². The van der Waals surface area contributed by atoms with Crippen molar-refractivity contribution in [2.24, 2.45) is 0 Å². The summed E-state index contributed by atoms with van der Waals surface area (Å²) in [6, 6.07) is 16.7. The van der Waals surface area contributed by atoms with E-state index in [2.05, 4.69) is 10.4 Å². The number of hydrogen-bond acceptors (Lipinski definition) is 5. The standard InChI is InChI=1S/C23H25N3O4/c1-15-21(16(2)26(25-15)19-10-6-5-7-11-19)14-22(27)30-17(3)23(28)24-18-9-8-12-20(13-18)29-4/h5-13,17H,14H2,1-4H3,(H,24,28)/t17-/m0/s1. The van der Waals surface area contributed by atoms with E-state index in [0.29, 0.717) is 11.4 Å². The lowest BCUT2D eigenvalue weighted by Crippen LogP contribution is -2.30. The number of nitrogens with one attached hydrogen (secondary N) is 1. The molecule has 7 heteroatoms. The topological polar surface area (TPSA) is 82.4 Å². The van der Waals surface area contributed by atoms with Gasteiger partial charge < -0.3 is 14.8 Å². The van der Waals surface area contributed by atoms with Gasteiger partial charge in [-0.05, 0) is 45.0 Å². The number of aryl methyl sites for hydroxylation is 1. The van der Waals surface area contributed by atoms with Crippen molar-refractivity contribution in [1.29, 1.82) is 0 Å². The number of carbonyl (C=O) groups excluding carboxylic acids is 2. The summed E-state index contributed by atoms with van der Waals surface area (Å²) < 4.78 is 12.3. The Morgan fingerprint density at radius 3 is 2.53 bits per heavy atom. The molecular formula is C23H25N3O4. The molecule has 0 unspecified atom stereocenters. The van der Waals surface area contributed by atoms with Crippen molar-refractivity contribution in [3.8, 4) is 11.4 Å². The molecule has 0 saturated heterocycles. The Hall–Kier alpha value is -3.61. The van der Waals surface area contributed by atoms with Gasteiger partial charge in [-0.15, -0.1) is 0 Å². The van der Waals surface area contributed by atoms with Gasteiger partial charge in [0.2, 0.25) is 0 Å². The van der Waals surface area contributed by atoms with Crippen molar-refractivity contribution in [3.63, 3.8) is 0 Å². The Labute approximate surface area is 175 Å². The van der Waals surface area contributed by atoms with Crippen molar-refractivity contribution in [1.82, 2.24) is 9.78 Å². The van der Waals surface area contributed by atoms with E-state index in [-0.39, 0.29) is 6.42 Å². The van der Waals surface area contributed by atoms with Crippen molar-refractivity contribution >= 4 is 17.6 Å². The highest BCUT2D eigenvalue weighted by atomic mass is 16.5. The van der Waals surface area contributed by atoms with Gasteiger partial charge in [-0.2, -0.15) is 5.10 Å². The average Bonchev–Trinajstić information content (AvgIpc) is 3.02. The van der Waals surface area contributed by atoms with Crippen molar-refractivity contribution < 1.29 is 19.1 Å². The summed E-state index contributed by atoms with van der Waals surface area (Å²) in [6.45, 7) is 5.31. The van der Waals surface area contributed by atoms with Gasteiger partial charge in [-0.3, -0.25) is 9.59 Å². The smallest absolute Gasteiger partial charge is 0.311 e. The van der Waals surface area contributed by atoms with Crippen LogP contribution >= 0.6 is 0 Å². The minimum Gasteiger partial charge on any atom is -0.497 e. The first kappa shape index (κ1) is 21.1. The molecule has 1 aromatic heterocycles. The Morgan fingerprint density at radius 1 is 1.10 bits per heavy atom. The zero-order chi connectivity index (χ0) is 21.7. The number of nitrogens with zero attached hydrogens (tertiary/aromatic N) is 2. The zero-order valence-corrected chi connectivity index (χ0v) is 17.5. The number of aromatic nitrogens is 2. The van der Waals surface area contributed by atoms with Gasteiger partial charge in [0.05, 0.1) is 24.9 Å². The number of esters is 1. The highest BCUT2D eigenvalue weighted by Crippen LogP contribution is 2.20. The van der Waals surface area contributed by atoms with Crippen LogP contribution in [0.2, 0.25) is 0 Å². The second kappa shape index (κ2) is 9.26. The number of para-hydroxylation sites is 1. The minimum absolute atomic E-state index is 0.0429. The first-order valence-corrected chi connectivity index (χ1v) is 9.64. The maximum absolute atomic E-state index is 12.5. The maximum Gasteiger partial charge on any atom is 0.311 e. The van der Waals surface area contributed by atoms with E-state index >= 15 is 0 Å². The van der Waals surface area contributed by atoms with Crippen molar-refractivity contribution in [2.75, 3.05) is 12.4 Å². The molecule has 1 heterocycles. The van der Waals surface area contributed by atoms with Gasteiger partial charge in [0.1, 0.15) is 5.75 Å². The number of carbonyl (C=O) groups is 2. The number of amides is 1. The molecule has 1 amide bonds. The quantitative estimate of drug-likeness (QED) is 0.605. The number of anilines is 1. The van der Waals surface area contributed by atoms with Crippen LogP contribution in [0.15, 0.2) is 54.6 Å². The normalized spacial score (nSPS) is 11.6. The number of benzene rings is 2. The van der Waals surface area contributed by atoms with Crippen LogP contribution in [0.1, 0.15) is 23.9 Å². The molecule has 0 saturated carbocycles. The molecule has 0 aliphatic carbocycles. The van der Waals surface area contributed by atoms with E-state index in [1.54, 1.807) is 43.0 Å². The molecule has 0 fully saturated rings. The van der Waals surface area contributed by atoms with Gasteiger partial charge in [0.25, 0.3) is 5.91 Å². The van der Waals surface area contributed by atoms with Gasteiger partial charge in [-0.25, -0.2) is 4.68 Å². The molecule has 0 aliphatic heterocycles. The molecule has 7 nitrogen and oxygen atoms in total. The van der Waals surface area contributed by atoms with E-state index in [4.69, 9.17) is 9.47 Å². The van der Waals surface area contributed by atoms with E-state index in [0.717, 1.165) is 22.6 Å². The van der Waals surface area contributed by atoms with E-state index in [9.17, 15) is 9.59 Å². The molecule has 30 heavy (non-hydrogen) atoms. The Bertz CT molecular complexity index is 1040. The summed E-state index contributed by atoms with van der Waals surface area (Å²) >= 11 is 0. The van der Waals surface area contributed by atoms with Crippen LogP contribution in [0.3, 0.4) is 0 Å². The fourth-order valence-electron chi connectivity index (χ4n) is 3.13. The van der Waals surface area contributed by atoms with Crippen LogP contribution in [0, 0.1) is 13.8 Å². The van der Waals surface area contributed by atoms with Crippen LogP contribution in [0.5, 0.6) is 5.75 Å². The fourth-order valence-corrected chi connectivity index (χ4v) is 3.13. The largest absolute Gasteiger partial charge is 0.497 e. The molecule has 0 bridgehead atoms. The third kappa shape index (κ3) is 4.86.